The van der Waals surface area contributed by atoms with E-state index in [1.165, 1.54) is 0 Å². The number of hydrogen-bond donors (Lipinski definition) is 2. The van der Waals surface area contributed by atoms with E-state index in [1.54, 1.807) is 25.3 Å². The predicted molar refractivity (Wildman–Crippen MR) is 69.9 cm³/mol. The third kappa shape index (κ3) is 4.80. The van der Waals surface area contributed by atoms with Crippen LogP contribution < -0.4 is 11.1 Å². The Kier molecular flexibility index (Phi) is 4.80. The number of anilines is 1. The summed E-state index contributed by atoms with van der Waals surface area (Å²) < 4.78 is 21.9. The third-order valence-corrected chi connectivity index (χ3v) is 3.38. The van der Waals surface area contributed by atoms with Crippen molar-refractivity contribution in [2.24, 2.45) is 5.73 Å². The average molecular weight is 271 g/mol. The van der Waals surface area contributed by atoms with E-state index in [0.29, 0.717) is 11.4 Å². The molecule has 0 saturated carbocycles. The molecule has 1 atom stereocenters. The summed E-state index contributed by atoms with van der Waals surface area (Å²) in [7, 11) is -3.11. The molecule has 0 saturated heterocycles. The van der Waals surface area contributed by atoms with E-state index in [4.69, 9.17) is 5.73 Å². The predicted octanol–water partition coefficient (Wildman–Crippen LogP) is 0.0905. The fourth-order valence-corrected chi connectivity index (χ4v) is 2.00. The summed E-state index contributed by atoms with van der Waals surface area (Å²) in [5.41, 5.74) is 6.89. The molecule has 0 spiro atoms. The SMILES string of the molecule is Cc1ncccc1NC(=O)C(N)CCS(C)(=O)=O. The zero-order valence-electron chi connectivity index (χ0n) is 10.4. The maximum Gasteiger partial charge on any atom is 0.241 e. The second-order valence-corrected chi connectivity index (χ2v) is 6.41. The van der Waals surface area contributed by atoms with Crippen molar-refractivity contribution in [3.63, 3.8) is 0 Å². The minimum atomic E-state index is -3.11. The monoisotopic (exact) mass is 271 g/mol. The van der Waals surface area contributed by atoms with E-state index in [1.807, 2.05) is 0 Å². The molecule has 6 nitrogen and oxygen atoms in total. The van der Waals surface area contributed by atoms with Crippen LogP contribution >= 0.6 is 0 Å². The molecule has 7 heteroatoms. The molecule has 1 aromatic heterocycles. The topological polar surface area (TPSA) is 102 Å². The van der Waals surface area contributed by atoms with Crippen molar-refractivity contribution in [1.82, 2.24) is 4.98 Å². The lowest BCUT2D eigenvalue weighted by Crippen LogP contribution is -2.37. The van der Waals surface area contributed by atoms with Crippen LogP contribution in [0.1, 0.15) is 12.1 Å². The highest BCUT2D eigenvalue weighted by atomic mass is 32.2. The summed E-state index contributed by atoms with van der Waals surface area (Å²) in [4.78, 5) is 15.7. The van der Waals surface area contributed by atoms with Gasteiger partial charge in [0.05, 0.1) is 23.2 Å². The molecular weight excluding hydrogens is 254 g/mol. The van der Waals surface area contributed by atoms with Gasteiger partial charge in [0.15, 0.2) is 0 Å². The van der Waals surface area contributed by atoms with E-state index in [2.05, 4.69) is 10.3 Å². The third-order valence-electron chi connectivity index (χ3n) is 2.40. The molecule has 3 N–H and O–H groups in total. The number of aryl methyl sites for hydroxylation is 1. The van der Waals surface area contributed by atoms with Crippen LogP contribution in [0.25, 0.3) is 0 Å². The number of sulfone groups is 1. The van der Waals surface area contributed by atoms with Crippen molar-refractivity contribution in [3.8, 4) is 0 Å². The first-order valence-electron chi connectivity index (χ1n) is 5.45. The summed E-state index contributed by atoms with van der Waals surface area (Å²) >= 11 is 0. The number of nitrogens with two attached hydrogens (primary N) is 1. The van der Waals surface area contributed by atoms with E-state index < -0.39 is 21.8 Å². The summed E-state index contributed by atoms with van der Waals surface area (Å²) in [5, 5.41) is 2.62. The van der Waals surface area contributed by atoms with Gasteiger partial charge < -0.3 is 11.1 Å². The van der Waals surface area contributed by atoms with E-state index in [-0.39, 0.29) is 12.2 Å². The van der Waals surface area contributed by atoms with E-state index in [9.17, 15) is 13.2 Å². The molecule has 0 aliphatic rings. The molecule has 1 heterocycles. The van der Waals surface area contributed by atoms with Gasteiger partial charge in [-0.25, -0.2) is 8.42 Å². The van der Waals surface area contributed by atoms with Crippen LogP contribution in [0.5, 0.6) is 0 Å². The first-order chi connectivity index (χ1) is 8.29. The van der Waals surface area contributed by atoms with Gasteiger partial charge in [-0.1, -0.05) is 0 Å². The minimum Gasteiger partial charge on any atom is -0.323 e. The van der Waals surface area contributed by atoms with Gasteiger partial charge in [0.1, 0.15) is 9.84 Å². The van der Waals surface area contributed by atoms with Gasteiger partial charge in [-0.05, 0) is 25.5 Å². The molecule has 1 amide bonds. The first kappa shape index (κ1) is 14.6. The van der Waals surface area contributed by atoms with Crippen LogP contribution in [-0.4, -0.2) is 37.4 Å². The molecule has 1 unspecified atom stereocenters. The van der Waals surface area contributed by atoms with Gasteiger partial charge in [0.25, 0.3) is 0 Å². The number of nitrogens with zero attached hydrogens (tertiary/aromatic N) is 1. The molecule has 0 aromatic carbocycles. The van der Waals surface area contributed by atoms with Crippen LogP contribution in [-0.2, 0) is 14.6 Å². The van der Waals surface area contributed by atoms with Gasteiger partial charge in [0.2, 0.25) is 5.91 Å². The Balaban J connectivity index is 2.58. The Morgan fingerprint density at radius 2 is 2.22 bits per heavy atom. The molecule has 0 radical (unpaired) electrons. The lowest BCUT2D eigenvalue weighted by molar-refractivity contribution is -0.117. The molecule has 18 heavy (non-hydrogen) atoms. The number of nitrogens with one attached hydrogen (secondary N) is 1. The fraction of sp³-hybridized carbons (Fsp3) is 0.455. The minimum absolute atomic E-state index is 0.101. The molecule has 100 valence electrons. The van der Waals surface area contributed by atoms with Crippen molar-refractivity contribution >= 4 is 21.4 Å². The number of rotatable bonds is 5. The Morgan fingerprint density at radius 3 is 2.78 bits per heavy atom. The van der Waals surface area contributed by atoms with Crippen molar-refractivity contribution in [1.29, 1.82) is 0 Å². The zero-order valence-corrected chi connectivity index (χ0v) is 11.2. The molecule has 0 fully saturated rings. The Bertz CT molecular complexity index is 528. The highest BCUT2D eigenvalue weighted by Crippen LogP contribution is 2.10. The van der Waals surface area contributed by atoms with Crippen LogP contribution in [0.2, 0.25) is 0 Å². The first-order valence-corrected chi connectivity index (χ1v) is 7.51. The standard InChI is InChI=1S/C11H17N3O3S/c1-8-10(4-3-6-13-8)14-11(15)9(12)5-7-18(2,16)17/h3-4,6,9H,5,7,12H2,1-2H3,(H,14,15). The quantitative estimate of drug-likeness (QED) is 0.790. The highest BCUT2D eigenvalue weighted by Gasteiger charge is 2.16. The summed E-state index contributed by atoms with van der Waals surface area (Å²) in [6.07, 6.45) is 2.83. The number of amides is 1. The van der Waals surface area contributed by atoms with Crippen LogP contribution in [0.15, 0.2) is 18.3 Å². The smallest absolute Gasteiger partial charge is 0.241 e. The largest absolute Gasteiger partial charge is 0.323 e. The van der Waals surface area contributed by atoms with Gasteiger partial charge in [0, 0.05) is 12.5 Å². The van der Waals surface area contributed by atoms with E-state index >= 15 is 0 Å². The van der Waals surface area contributed by atoms with Gasteiger partial charge >= 0.3 is 0 Å². The molecule has 0 aliphatic heterocycles. The van der Waals surface area contributed by atoms with Crippen molar-refractivity contribution in [2.75, 3.05) is 17.3 Å². The highest BCUT2D eigenvalue weighted by molar-refractivity contribution is 7.90. The van der Waals surface area contributed by atoms with Gasteiger partial charge in [-0.2, -0.15) is 0 Å². The average Bonchev–Trinajstić information content (AvgIpc) is 2.28. The molecule has 0 bridgehead atoms. The van der Waals surface area contributed by atoms with Crippen molar-refractivity contribution in [3.05, 3.63) is 24.0 Å². The second-order valence-electron chi connectivity index (χ2n) is 4.15. The molecule has 0 aliphatic carbocycles. The van der Waals surface area contributed by atoms with Gasteiger partial charge in [-0.3, -0.25) is 9.78 Å². The number of aromatic nitrogens is 1. The Hall–Kier alpha value is -1.47. The van der Waals surface area contributed by atoms with Crippen LogP contribution in [0, 0.1) is 6.92 Å². The second kappa shape index (κ2) is 5.92. The maximum atomic E-state index is 11.7. The Morgan fingerprint density at radius 1 is 1.56 bits per heavy atom. The van der Waals surface area contributed by atoms with Crippen LogP contribution in [0.3, 0.4) is 0 Å². The van der Waals surface area contributed by atoms with E-state index in [0.717, 1.165) is 6.26 Å². The fourth-order valence-electron chi connectivity index (χ4n) is 1.31. The van der Waals surface area contributed by atoms with Crippen molar-refractivity contribution < 1.29 is 13.2 Å². The zero-order chi connectivity index (χ0) is 13.8. The number of pyridine rings is 1. The maximum absolute atomic E-state index is 11.7. The summed E-state index contributed by atoms with van der Waals surface area (Å²) in [5.74, 6) is -0.511. The number of carbonyl (C=O) groups is 1. The van der Waals surface area contributed by atoms with Crippen LogP contribution in [0.4, 0.5) is 5.69 Å². The van der Waals surface area contributed by atoms with Gasteiger partial charge in [-0.15, -0.1) is 0 Å². The molecule has 1 rings (SSSR count). The molecular formula is C11H17N3O3S. The lowest BCUT2D eigenvalue weighted by Gasteiger charge is -2.12. The molecule has 1 aromatic rings. The Labute approximate surface area is 107 Å². The lowest BCUT2D eigenvalue weighted by atomic mass is 10.2. The summed E-state index contributed by atoms with van der Waals surface area (Å²) in [6.45, 7) is 1.76. The summed E-state index contributed by atoms with van der Waals surface area (Å²) in [6, 6.07) is 2.56. The number of carbonyl (C=O) groups excluding carboxylic acids is 1. The normalized spacial score (nSPS) is 13.1. The van der Waals surface area contributed by atoms with Crippen molar-refractivity contribution in [2.45, 2.75) is 19.4 Å². The number of hydrogen-bond acceptors (Lipinski definition) is 5.